The van der Waals surface area contributed by atoms with Crippen molar-refractivity contribution in [3.63, 3.8) is 0 Å². The fourth-order valence-electron chi connectivity index (χ4n) is 2.02. The molecule has 15 heavy (non-hydrogen) atoms. The van der Waals surface area contributed by atoms with Crippen molar-refractivity contribution in [2.75, 3.05) is 26.2 Å². The Hall–Kier alpha value is -0.870. The van der Waals surface area contributed by atoms with E-state index in [-0.39, 0.29) is 5.91 Å². The Morgan fingerprint density at radius 1 is 1.53 bits per heavy atom. The molecule has 4 heteroatoms. The van der Waals surface area contributed by atoms with Gasteiger partial charge >= 0.3 is 0 Å². The molecule has 0 saturated carbocycles. The zero-order valence-electron chi connectivity index (χ0n) is 9.24. The second-order valence-corrected chi connectivity index (χ2v) is 4.00. The van der Waals surface area contributed by atoms with Gasteiger partial charge in [-0.15, -0.1) is 6.58 Å². The van der Waals surface area contributed by atoms with E-state index in [2.05, 4.69) is 16.8 Å². The number of carbonyl (C=O) groups excluding carboxylic acids is 1. The van der Waals surface area contributed by atoms with Gasteiger partial charge in [0.1, 0.15) is 0 Å². The molecule has 0 unspecified atom stereocenters. The minimum Gasteiger partial charge on any atom is -0.369 e. The molecule has 0 bridgehead atoms. The predicted octanol–water partition coefficient (Wildman–Crippen LogP) is 0.102. The Morgan fingerprint density at radius 3 is 2.73 bits per heavy atom. The molecule has 1 aliphatic heterocycles. The second-order valence-electron chi connectivity index (χ2n) is 4.00. The number of rotatable bonds is 6. The summed E-state index contributed by atoms with van der Waals surface area (Å²) in [6, 6.07) is 0.499. The van der Waals surface area contributed by atoms with Gasteiger partial charge in [-0.2, -0.15) is 0 Å². The van der Waals surface area contributed by atoms with E-state index in [1.807, 2.05) is 6.08 Å². The van der Waals surface area contributed by atoms with Crippen LogP contribution in [-0.4, -0.2) is 43.0 Å². The van der Waals surface area contributed by atoms with Crippen molar-refractivity contribution >= 4 is 5.91 Å². The Balaban J connectivity index is 2.44. The van der Waals surface area contributed by atoms with Crippen LogP contribution < -0.4 is 11.1 Å². The smallest absolute Gasteiger partial charge is 0.231 e. The Morgan fingerprint density at radius 2 is 2.20 bits per heavy atom. The molecular weight excluding hydrogens is 190 g/mol. The molecule has 1 saturated heterocycles. The van der Waals surface area contributed by atoms with Gasteiger partial charge in [0.05, 0.1) is 6.54 Å². The van der Waals surface area contributed by atoms with Crippen LogP contribution in [0.25, 0.3) is 0 Å². The van der Waals surface area contributed by atoms with E-state index in [0.29, 0.717) is 12.6 Å². The van der Waals surface area contributed by atoms with Crippen LogP contribution in [0.2, 0.25) is 0 Å². The van der Waals surface area contributed by atoms with Crippen LogP contribution in [0.15, 0.2) is 12.7 Å². The first kappa shape index (κ1) is 12.2. The molecule has 0 aromatic heterocycles. The lowest BCUT2D eigenvalue weighted by Gasteiger charge is -2.33. The highest BCUT2D eigenvalue weighted by Crippen LogP contribution is 2.11. The molecule has 1 rings (SSSR count). The molecule has 0 atom stereocenters. The third-order valence-electron chi connectivity index (χ3n) is 2.80. The van der Waals surface area contributed by atoms with Crippen molar-refractivity contribution in [1.29, 1.82) is 0 Å². The summed E-state index contributed by atoms with van der Waals surface area (Å²) in [7, 11) is 0. The number of carbonyl (C=O) groups is 1. The van der Waals surface area contributed by atoms with Crippen LogP contribution in [0.5, 0.6) is 0 Å². The number of hydrogen-bond donors (Lipinski definition) is 2. The molecular formula is C11H21N3O. The van der Waals surface area contributed by atoms with Crippen LogP contribution in [-0.2, 0) is 4.79 Å². The summed E-state index contributed by atoms with van der Waals surface area (Å²) in [6.45, 7) is 7.03. The maximum absolute atomic E-state index is 11.0. The van der Waals surface area contributed by atoms with Crippen LogP contribution in [0.3, 0.4) is 0 Å². The molecule has 1 aliphatic rings. The van der Waals surface area contributed by atoms with E-state index in [9.17, 15) is 4.79 Å². The third-order valence-corrected chi connectivity index (χ3v) is 2.80. The molecule has 0 radical (unpaired) electrons. The van der Waals surface area contributed by atoms with Crippen molar-refractivity contribution in [2.45, 2.75) is 25.3 Å². The average Bonchev–Trinajstić information content (AvgIpc) is 2.25. The molecule has 0 aromatic carbocycles. The van der Waals surface area contributed by atoms with Crippen molar-refractivity contribution in [2.24, 2.45) is 5.73 Å². The van der Waals surface area contributed by atoms with Gasteiger partial charge in [-0.25, -0.2) is 0 Å². The minimum absolute atomic E-state index is 0.238. The fourth-order valence-corrected chi connectivity index (χ4v) is 2.02. The van der Waals surface area contributed by atoms with E-state index in [1.54, 1.807) is 0 Å². The Labute approximate surface area is 91.5 Å². The van der Waals surface area contributed by atoms with Crippen molar-refractivity contribution in [3.05, 3.63) is 12.7 Å². The van der Waals surface area contributed by atoms with Gasteiger partial charge < -0.3 is 11.1 Å². The number of nitrogens with zero attached hydrogens (tertiary/aromatic N) is 1. The quantitative estimate of drug-likeness (QED) is 0.613. The summed E-state index contributed by atoms with van der Waals surface area (Å²) >= 11 is 0. The first-order valence-electron chi connectivity index (χ1n) is 5.58. The third kappa shape index (κ3) is 4.44. The molecule has 0 spiro atoms. The highest BCUT2D eigenvalue weighted by Gasteiger charge is 2.21. The van der Waals surface area contributed by atoms with Gasteiger partial charge in [-0.1, -0.05) is 6.08 Å². The molecule has 3 N–H and O–H groups in total. The van der Waals surface area contributed by atoms with E-state index >= 15 is 0 Å². The predicted molar refractivity (Wildman–Crippen MR) is 61.5 cm³/mol. The fraction of sp³-hybridized carbons (Fsp3) is 0.727. The normalized spacial score (nSPS) is 17.9. The summed E-state index contributed by atoms with van der Waals surface area (Å²) in [5.41, 5.74) is 5.25. The summed E-state index contributed by atoms with van der Waals surface area (Å²) in [4.78, 5) is 13.1. The highest BCUT2D eigenvalue weighted by molar-refractivity contribution is 5.75. The topological polar surface area (TPSA) is 58.4 Å². The number of primary amides is 1. The molecule has 1 amide bonds. The standard InChI is InChI=1S/C11H21N3O/c1-2-3-8-14(9-11(12)15)10-4-6-13-7-5-10/h2,10,13H,1,3-9H2,(H2,12,15). The van der Waals surface area contributed by atoms with Crippen molar-refractivity contribution in [3.8, 4) is 0 Å². The summed E-state index contributed by atoms with van der Waals surface area (Å²) in [6.07, 6.45) is 5.00. The number of amides is 1. The molecule has 4 nitrogen and oxygen atoms in total. The van der Waals surface area contributed by atoms with Gasteiger partial charge in [0.15, 0.2) is 0 Å². The van der Waals surface area contributed by atoms with E-state index in [0.717, 1.165) is 38.9 Å². The van der Waals surface area contributed by atoms with Crippen LogP contribution >= 0.6 is 0 Å². The van der Waals surface area contributed by atoms with Crippen molar-refractivity contribution < 1.29 is 4.79 Å². The number of nitrogens with one attached hydrogen (secondary N) is 1. The van der Waals surface area contributed by atoms with Gasteiger partial charge in [0.25, 0.3) is 0 Å². The van der Waals surface area contributed by atoms with E-state index in [1.165, 1.54) is 0 Å². The maximum Gasteiger partial charge on any atom is 0.231 e. The molecule has 1 fully saturated rings. The summed E-state index contributed by atoms with van der Waals surface area (Å²) in [5.74, 6) is -0.238. The lowest BCUT2D eigenvalue weighted by atomic mass is 10.0. The Kier molecular flexibility index (Phi) is 5.36. The van der Waals surface area contributed by atoms with Gasteiger partial charge in [0, 0.05) is 12.6 Å². The number of piperidine rings is 1. The Bertz CT molecular complexity index is 212. The average molecular weight is 211 g/mol. The SMILES string of the molecule is C=CCCN(CC(N)=O)C1CCNCC1. The first-order chi connectivity index (χ1) is 7.24. The van der Waals surface area contributed by atoms with Gasteiger partial charge in [-0.3, -0.25) is 9.69 Å². The van der Waals surface area contributed by atoms with Gasteiger partial charge in [0.2, 0.25) is 5.91 Å². The summed E-state index contributed by atoms with van der Waals surface area (Å²) < 4.78 is 0. The van der Waals surface area contributed by atoms with Crippen LogP contribution in [0.1, 0.15) is 19.3 Å². The molecule has 86 valence electrons. The van der Waals surface area contributed by atoms with Crippen LogP contribution in [0, 0.1) is 0 Å². The zero-order valence-corrected chi connectivity index (χ0v) is 9.24. The van der Waals surface area contributed by atoms with Crippen molar-refractivity contribution in [1.82, 2.24) is 10.2 Å². The molecule has 0 aromatic rings. The molecule has 0 aliphatic carbocycles. The molecule has 1 heterocycles. The van der Waals surface area contributed by atoms with E-state index in [4.69, 9.17) is 5.73 Å². The maximum atomic E-state index is 11.0. The highest BCUT2D eigenvalue weighted by atomic mass is 16.1. The number of hydrogen-bond acceptors (Lipinski definition) is 3. The first-order valence-corrected chi connectivity index (χ1v) is 5.58. The lowest BCUT2D eigenvalue weighted by molar-refractivity contribution is -0.119. The largest absolute Gasteiger partial charge is 0.369 e. The lowest BCUT2D eigenvalue weighted by Crippen LogP contribution is -2.46. The minimum atomic E-state index is -0.238. The zero-order chi connectivity index (χ0) is 11.1. The second kappa shape index (κ2) is 6.58. The van der Waals surface area contributed by atoms with Crippen LogP contribution in [0.4, 0.5) is 0 Å². The monoisotopic (exact) mass is 211 g/mol. The summed E-state index contributed by atoms with van der Waals surface area (Å²) in [5, 5.41) is 3.32. The number of nitrogens with two attached hydrogens (primary N) is 1. The van der Waals surface area contributed by atoms with E-state index < -0.39 is 0 Å². The van der Waals surface area contributed by atoms with Gasteiger partial charge in [-0.05, 0) is 32.4 Å².